The van der Waals surface area contributed by atoms with Gasteiger partial charge in [0, 0.05) is 18.0 Å². The predicted molar refractivity (Wildman–Crippen MR) is 83.5 cm³/mol. The zero-order chi connectivity index (χ0) is 15.2. The molecule has 0 saturated carbocycles. The number of methoxy groups -OCH3 is 1. The van der Waals surface area contributed by atoms with Crippen molar-refractivity contribution in [1.82, 2.24) is 0 Å². The van der Waals surface area contributed by atoms with Crippen LogP contribution in [0.2, 0.25) is 0 Å². The average Bonchev–Trinajstić information content (AvgIpc) is 2.75. The van der Waals surface area contributed by atoms with Gasteiger partial charge in [0.2, 0.25) is 0 Å². The van der Waals surface area contributed by atoms with Gasteiger partial charge < -0.3 is 15.6 Å². The molecular formula is C18H21NO2. The molecule has 3 heteroatoms. The third kappa shape index (κ3) is 1.96. The Morgan fingerprint density at radius 3 is 2.57 bits per heavy atom. The van der Waals surface area contributed by atoms with Gasteiger partial charge >= 0.3 is 0 Å². The number of aryl methyl sites for hydroxylation is 1. The maximum atomic E-state index is 11.4. The van der Waals surface area contributed by atoms with Crippen LogP contribution in [0.5, 0.6) is 5.75 Å². The minimum atomic E-state index is -1.08. The molecule has 0 heterocycles. The fourth-order valence-corrected chi connectivity index (χ4v) is 3.37. The highest BCUT2D eigenvalue weighted by Crippen LogP contribution is 2.49. The first-order valence-electron chi connectivity index (χ1n) is 7.21. The number of aliphatic hydroxyl groups is 1. The number of hydrogen-bond acceptors (Lipinski definition) is 3. The summed E-state index contributed by atoms with van der Waals surface area (Å²) in [6.45, 7) is 4.06. The Morgan fingerprint density at radius 1 is 1.14 bits per heavy atom. The van der Waals surface area contributed by atoms with Crippen molar-refractivity contribution >= 4 is 0 Å². The topological polar surface area (TPSA) is 55.5 Å². The quantitative estimate of drug-likeness (QED) is 0.891. The number of benzene rings is 2. The zero-order valence-electron chi connectivity index (χ0n) is 12.7. The van der Waals surface area contributed by atoms with Crippen molar-refractivity contribution in [2.75, 3.05) is 7.11 Å². The highest BCUT2D eigenvalue weighted by molar-refractivity contribution is 5.55. The second kappa shape index (κ2) is 4.86. The fraction of sp³-hybridized carbons (Fsp3) is 0.333. The maximum absolute atomic E-state index is 11.4. The van der Waals surface area contributed by atoms with Crippen molar-refractivity contribution in [3.8, 4) is 5.75 Å². The van der Waals surface area contributed by atoms with Crippen LogP contribution < -0.4 is 10.5 Å². The zero-order valence-corrected chi connectivity index (χ0v) is 12.7. The molecule has 3 nitrogen and oxygen atoms in total. The Labute approximate surface area is 125 Å². The van der Waals surface area contributed by atoms with E-state index in [9.17, 15) is 5.11 Å². The lowest BCUT2D eigenvalue weighted by atomic mass is 9.85. The third-order valence-corrected chi connectivity index (χ3v) is 4.65. The SMILES string of the molecule is COc1c(C2(O)CC(N)c3ccccc32)ccc(C)c1C. The van der Waals surface area contributed by atoms with Gasteiger partial charge in [-0.1, -0.05) is 36.4 Å². The van der Waals surface area contributed by atoms with E-state index in [1.807, 2.05) is 50.2 Å². The van der Waals surface area contributed by atoms with Crippen LogP contribution in [0.4, 0.5) is 0 Å². The minimum Gasteiger partial charge on any atom is -0.496 e. The van der Waals surface area contributed by atoms with Crippen molar-refractivity contribution in [1.29, 1.82) is 0 Å². The van der Waals surface area contributed by atoms with Crippen LogP contribution in [0.15, 0.2) is 36.4 Å². The van der Waals surface area contributed by atoms with Crippen molar-refractivity contribution in [2.45, 2.75) is 31.9 Å². The summed E-state index contributed by atoms with van der Waals surface area (Å²) in [5.41, 5.74) is 10.0. The summed E-state index contributed by atoms with van der Waals surface area (Å²) in [6.07, 6.45) is 0.477. The lowest BCUT2D eigenvalue weighted by Crippen LogP contribution is -2.26. The summed E-state index contributed by atoms with van der Waals surface area (Å²) in [6, 6.07) is 11.7. The van der Waals surface area contributed by atoms with Crippen molar-refractivity contribution in [3.05, 3.63) is 64.2 Å². The van der Waals surface area contributed by atoms with E-state index in [2.05, 4.69) is 0 Å². The fourth-order valence-electron chi connectivity index (χ4n) is 3.37. The highest BCUT2D eigenvalue weighted by Gasteiger charge is 2.44. The van der Waals surface area contributed by atoms with Crippen LogP contribution in [0.3, 0.4) is 0 Å². The van der Waals surface area contributed by atoms with E-state index in [-0.39, 0.29) is 6.04 Å². The first kappa shape index (κ1) is 14.1. The lowest BCUT2D eigenvalue weighted by molar-refractivity contribution is 0.0746. The van der Waals surface area contributed by atoms with Crippen LogP contribution in [0.25, 0.3) is 0 Å². The molecule has 2 unspecified atom stereocenters. The maximum Gasteiger partial charge on any atom is 0.128 e. The second-order valence-electron chi connectivity index (χ2n) is 5.85. The Hall–Kier alpha value is -1.84. The number of fused-ring (bicyclic) bond motifs is 1. The van der Waals surface area contributed by atoms with Gasteiger partial charge in [-0.25, -0.2) is 0 Å². The molecule has 1 aliphatic rings. The average molecular weight is 283 g/mol. The van der Waals surface area contributed by atoms with Crippen molar-refractivity contribution in [2.24, 2.45) is 5.73 Å². The van der Waals surface area contributed by atoms with Crippen LogP contribution in [-0.2, 0) is 5.60 Å². The van der Waals surface area contributed by atoms with Crippen LogP contribution in [0.1, 0.15) is 40.3 Å². The lowest BCUT2D eigenvalue weighted by Gasteiger charge is -2.28. The van der Waals surface area contributed by atoms with Gasteiger partial charge in [-0.3, -0.25) is 0 Å². The van der Waals surface area contributed by atoms with E-state index < -0.39 is 5.60 Å². The number of nitrogens with two attached hydrogens (primary N) is 1. The molecule has 110 valence electrons. The molecule has 21 heavy (non-hydrogen) atoms. The van der Waals surface area contributed by atoms with Crippen LogP contribution >= 0.6 is 0 Å². The third-order valence-electron chi connectivity index (χ3n) is 4.65. The molecule has 0 bridgehead atoms. The van der Waals surface area contributed by atoms with Crippen molar-refractivity contribution < 1.29 is 9.84 Å². The van der Waals surface area contributed by atoms with Gasteiger partial charge in [0.1, 0.15) is 11.4 Å². The van der Waals surface area contributed by atoms with Crippen LogP contribution in [0, 0.1) is 13.8 Å². The van der Waals surface area contributed by atoms with Gasteiger partial charge in [-0.05, 0) is 36.1 Å². The monoisotopic (exact) mass is 283 g/mol. The molecule has 0 fully saturated rings. The molecule has 0 radical (unpaired) electrons. The van der Waals surface area contributed by atoms with E-state index in [1.54, 1.807) is 7.11 Å². The summed E-state index contributed by atoms with van der Waals surface area (Å²) >= 11 is 0. The van der Waals surface area contributed by atoms with E-state index in [4.69, 9.17) is 10.5 Å². The molecular weight excluding hydrogens is 262 g/mol. The standard InChI is InChI=1S/C18H21NO2/c1-11-8-9-15(17(21-3)12(11)2)18(20)10-16(19)13-6-4-5-7-14(13)18/h4-9,16,20H,10,19H2,1-3H3. The normalized spacial score (nSPS) is 24.0. The largest absolute Gasteiger partial charge is 0.496 e. The summed E-state index contributed by atoms with van der Waals surface area (Å²) in [4.78, 5) is 0. The van der Waals surface area contributed by atoms with Gasteiger partial charge in [0.15, 0.2) is 0 Å². The molecule has 0 amide bonds. The van der Waals surface area contributed by atoms with E-state index >= 15 is 0 Å². The summed E-state index contributed by atoms with van der Waals surface area (Å²) in [5.74, 6) is 0.751. The first-order chi connectivity index (χ1) is 9.99. The smallest absolute Gasteiger partial charge is 0.128 e. The molecule has 3 N–H and O–H groups in total. The second-order valence-corrected chi connectivity index (χ2v) is 5.85. The van der Waals surface area contributed by atoms with Gasteiger partial charge in [0.05, 0.1) is 7.11 Å². The molecule has 2 aromatic rings. The molecule has 2 aromatic carbocycles. The van der Waals surface area contributed by atoms with E-state index in [0.717, 1.165) is 33.6 Å². The Kier molecular flexibility index (Phi) is 3.27. The Bertz CT molecular complexity index is 696. The molecule has 0 spiro atoms. The van der Waals surface area contributed by atoms with E-state index in [1.165, 1.54) is 0 Å². The molecule has 1 aliphatic carbocycles. The molecule has 3 rings (SSSR count). The Balaban J connectivity index is 2.24. The van der Waals surface area contributed by atoms with Gasteiger partial charge in [-0.15, -0.1) is 0 Å². The van der Waals surface area contributed by atoms with E-state index in [0.29, 0.717) is 6.42 Å². The van der Waals surface area contributed by atoms with Crippen molar-refractivity contribution in [3.63, 3.8) is 0 Å². The minimum absolute atomic E-state index is 0.155. The Morgan fingerprint density at radius 2 is 1.86 bits per heavy atom. The summed E-state index contributed by atoms with van der Waals surface area (Å²) < 4.78 is 5.58. The predicted octanol–water partition coefficient (Wildman–Crippen LogP) is 2.95. The first-order valence-corrected chi connectivity index (χ1v) is 7.21. The van der Waals surface area contributed by atoms with Gasteiger partial charge in [-0.2, -0.15) is 0 Å². The van der Waals surface area contributed by atoms with Crippen LogP contribution in [-0.4, -0.2) is 12.2 Å². The molecule has 0 saturated heterocycles. The molecule has 0 aromatic heterocycles. The molecule has 0 aliphatic heterocycles. The number of hydrogen-bond donors (Lipinski definition) is 2. The summed E-state index contributed by atoms with van der Waals surface area (Å²) in [7, 11) is 1.65. The van der Waals surface area contributed by atoms with Gasteiger partial charge in [0.25, 0.3) is 0 Å². The highest BCUT2D eigenvalue weighted by atomic mass is 16.5. The number of ether oxygens (including phenoxy) is 1. The summed E-state index contributed by atoms with van der Waals surface area (Å²) in [5, 5.41) is 11.4. The number of rotatable bonds is 2. The molecule has 2 atom stereocenters.